The average Bonchev–Trinajstić information content (AvgIpc) is 2.94. The highest BCUT2D eigenvalue weighted by Gasteiger charge is 2.51. The van der Waals surface area contributed by atoms with Gasteiger partial charge in [0.25, 0.3) is 0 Å². The van der Waals surface area contributed by atoms with Crippen molar-refractivity contribution in [1.29, 1.82) is 5.41 Å². The second-order valence-corrected chi connectivity index (χ2v) is 10.5. The van der Waals surface area contributed by atoms with E-state index in [1.807, 2.05) is 0 Å². The first-order chi connectivity index (χ1) is 19.0. The number of aliphatic hydroxyl groups is 6. The number of aliphatic hydroxyl groups excluding tert-OH is 6. The van der Waals surface area contributed by atoms with Crippen LogP contribution in [0.4, 0.5) is 4.39 Å². The van der Waals surface area contributed by atoms with Gasteiger partial charge in [0.15, 0.2) is 12.6 Å². The molecule has 3 aliphatic rings. The van der Waals surface area contributed by atoms with E-state index in [2.05, 4.69) is 10.6 Å². The van der Waals surface area contributed by atoms with Crippen LogP contribution in [0, 0.1) is 5.41 Å². The minimum absolute atomic E-state index is 0.00184. The molecule has 3 rings (SSSR count). The van der Waals surface area contributed by atoms with Gasteiger partial charge in [0.2, 0.25) is 0 Å². The summed E-state index contributed by atoms with van der Waals surface area (Å²) in [5.74, 6) is -0.582. The molecule has 0 amide bonds. The van der Waals surface area contributed by atoms with Crippen molar-refractivity contribution in [2.75, 3.05) is 33.0 Å². The number of amidine groups is 1. The Labute approximate surface area is 231 Å². The molecular weight excluding hydrogens is 539 g/mol. The van der Waals surface area contributed by atoms with Crippen molar-refractivity contribution in [3.63, 3.8) is 0 Å². The first-order valence-electron chi connectivity index (χ1n) is 13.5. The fourth-order valence-corrected chi connectivity index (χ4v) is 5.15. The molecule has 16 nitrogen and oxygen atoms in total. The van der Waals surface area contributed by atoms with Crippen LogP contribution in [0.5, 0.6) is 0 Å². The van der Waals surface area contributed by atoms with Crippen molar-refractivity contribution >= 4 is 5.84 Å². The van der Waals surface area contributed by atoms with Crippen molar-refractivity contribution in [3.8, 4) is 0 Å². The number of alkyl halides is 1. The Bertz CT molecular complexity index is 792. The highest BCUT2D eigenvalue weighted by molar-refractivity contribution is 5.83. The first-order valence-corrected chi connectivity index (χ1v) is 13.5. The zero-order valence-corrected chi connectivity index (χ0v) is 22.2. The number of nitrogens with one attached hydrogen (secondary N) is 3. The van der Waals surface area contributed by atoms with Gasteiger partial charge in [-0.3, -0.25) is 5.41 Å². The van der Waals surface area contributed by atoms with Gasteiger partial charge in [-0.05, 0) is 19.3 Å². The maximum absolute atomic E-state index is 13.0. The second-order valence-electron chi connectivity index (χ2n) is 10.5. The lowest BCUT2D eigenvalue weighted by Gasteiger charge is -2.48. The number of rotatable bonds is 12. The molecule has 0 radical (unpaired) electrons. The Morgan fingerprint density at radius 1 is 0.975 bits per heavy atom. The molecule has 1 saturated carbocycles. The van der Waals surface area contributed by atoms with Gasteiger partial charge in [-0.1, -0.05) is 0 Å². The summed E-state index contributed by atoms with van der Waals surface area (Å²) >= 11 is 0. The predicted molar refractivity (Wildman–Crippen MR) is 137 cm³/mol. The molecule has 8 unspecified atom stereocenters. The number of hydrogen-bond acceptors (Lipinski definition) is 15. The molecule has 2 aliphatic heterocycles. The second kappa shape index (κ2) is 15.4. The molecule has 2 heterocycles. The third kappa shape index (κ3) is 8.01. The molecule has 1 aliphatic carbocycles. The van der Waals surface area contributed by atoms with Crippen molar-refractivity contribution in [2.24, 2.45) is 17.2 Å². The highest BCUT2D eigenvalue weighted by Crippen LogP contribution is 2.31. The number of nitrogens with two attached hydrogens (primary N) is 3. The Kier molecular flexibility index (Phi) is 12.8. The van der Waals surface area contributed by atoms with Gasteiger partial charge in [0.1, 0.15) is 55.2 Å². The average molecular weight is 585 g/mol. The Balaban J connectivity index is 1.78. The lowest BCUT2D eigenvalue weighted by atomic mass is 9.83. The van der Waals surface area contributed by atoms with Crippen LogP contribution < -0.4 is 27.8 Å². The number of ether oxygens (including phenoxy) is 4. The third-order valence-corrected chi connectivity index (χ3v) is 7.52. The van der Waals surface area contributed by atoms with Crippen LogP contribution in [-0.2, 0) is 18.9 Å². The van der Waals surface area contributed by atoms with E-state index in [1.54, 1.807) is 0 Å². The van der Waals surface area contributed by atoms with Gasteiger partial charge in [-0.25, -0.2) is 4.39 Å². The molecule has 40 heavy (non-hydrogen) atoms. The topological polar surface area (TPSA) is 284 Å². The summed E-state index contributed by atoms with van der Waals surface area (Å²) in [5, 5.41) is 74.1. The summed E-state index contributed by atoms with van der Waals surface area (Å²) in [7, 11) is 0. The Hall–Kier alpha value is -1.16. The van der Waals surface area contributed by atoms with Crippen LogP contribution in [0.1, 0.15) is 19.3 Å². The van der Waals surface area contributed by atoms with E-state index in [9.17, 15) is 29.9 Å². The summed E-state index contributed by atoms with van der Waals surface area (Å²) in [4.78, 5) is 0. The molecule has 17 heteroatoms. The summed E-state index contributed by atoms with van der Waals surface area (Å²) < 4.78 is 36.5. The summed E-state index contributed by atoms with van der Waals surface area (Å²) in [6.45, 7) is -1.07. The van der Waals surface area contributed by atoms with E-state index in [0.29, 0.717) is 25.9 Å². The highest BCUT2D eigenvalue weighted by atomic mass is 19.1. The zero-order valence-electron chi connectivity index (χ0n) is 22.2. The number of halogens is 1. The van der Waals surface area contributed by atoms with Crippen molar-refractivity contribution in [2.45, 2.75) is 105 Å². The molecule has 0 aromatic rings. The zero-order chi connectivity index (χ0) is 29.6. The predicted octanol–water partition coefficient (Wildman–Crippen LogP) is -5.70. The summed E-state index contributed by atoms with van der Waals surface area (Å²) in [5.41, 5.74) is 18.5. The van der Waals surface area contributed by atoms with E-state index in [1.165, 1.54) is 0 Å². The van der Waals surface area contributed by atoms with Crippen molar-refractivity contribution < 1.29 is 54.0 Å². The lowest BCUT2D eigenvalue weighted by molar-refractivity contribution is -0.313. The van der Waals surface area contributed by atoms with Gasteiger partial charge in [0, 0.05) is 19.1 Å². The van der Waals surface area contributed by atoms with E-state index >= 15 is 0 Å². The van der Waals surface area contributed by atoms with Gasteiger partial charge in [-0.15, -0.1) is 0 Å². The maximum atomic E-state index is 13.0. The van der Waals surface area contributed by atoms with Crippen LogP contribution in [0.25, 0.3) is 0 Å². The molecule has 0 aromatic carbocycles. The summed E-state index contributed by atoms with van der Waals surface area (Å²) in [6, 6.07) is -3.64. The van der Waals surface area contributed by atoms with Crippen LogP contribution in [0.2, 0.25) is 0 Å². The van der Waals surface area contributed by atoms with E-state index in [-0.39, 0.29) is 19.1 Å². The van der Waals surface area contributed by atoms with Gasteiger partial charge >= 0.3 is 0 Å². The molecule has 3 fully saturated rings. The van der Waals surface area contributed by atoms with Gasteiger partial charge < -0.3 is 77.4 Å². The summed E-state index contributed by atoms with van der Waals surface area (Å²) in [6.07, 6.45) is -11.4. The molecule has 0 spiro atoms. The van der Waals surface area contributed by atoms with E-state index in [4.69, 9.17) is 46.7 Å². The standard InChI is InChI=1S/C23H45FN6O10/c24-6-13(33)21(28)30-12-5-11(26)19(39-22-10(25)2-1-9(37-22)7-29-3-4-31)18(36)20(12)40-23-17(35)15(27)16(34)14(8-32)38-23/h9-20,22-23,29,31-36H,1-8,25-27H2,(H2,28,30)/t9-,10?,11-,12+,13?,14?,15-,16?,17?,18?,19?,20?,22+,23+/m0/s1. The minimum atomic E-state index is -1.76. The smallest absolute Gasteiger partial charge is 0.186 e. The van der Waals surface area contributed by atoms with Crippen molar-refractivity contribution in [1.82, 2.24) is 10.6 Å². The monoisotopic (exact) mass is 584 g/mol. The normalized spacial score (nSPS) is 43.3. The Morgan fingerprint density at radius 3 is 2.33 bits per heavy atom. The first kappa shape index (κ1) is 33.3. The van der Waals surface area contributed by atoms with Crippen LogP contribution in [0.3, 0.4) is 0 Å². The van der Waals surface area contributed by atoms with Crippen LogP contribution in [-0.4, -0.2) is 155 Å². The quantitative estimate of drug-likeness (QED) is 0.0578. The molecule has 2 saturated heterocycles. The Morgan fingerprint density at radius 2 is 1.68 bits per heavy atom. The van der Waals surface area contributed by atoms with Crippen molar-refractivity contribution in [3.05, 3.63) is 0 Å². The molecule has 0 aromatic heterocycles. The molecule has 14 atom stereocenters. The lowest BCUT2D eigenvalue weighted by Crippen LogP contribution is -2.69. The minimum Gasteiger partial charge on any atom is -0.395 e. The van der Waals surface area contributed by atoms with Gasteiger partial charge in [-0.2, -0.15) is 0 Å². The third-order valence-electron chi connectivity index (χ3n) is 7.52. The molecule has 234 valence electrons. The van der Waals surface area contributed by atoms with E-state index in [0.717, 1.165) is 0 Å². The fourth-order valence-electron chi connectivity index (χ4n) is 5.15. The fraction of sp³-hybridized carbons (Fsp3) is 0.957. The SMILES string of the molecule is N=C(N[C@@H]1C[C@H](N)C(O[C@H]2O[C@H](CNCCO)CCC2N)C(O)C1O[C@H]1OC(CO)C(O)[C@H](N)C1O)C(O)CF. The van der Waals surface area contributed by atoms with E-state index < -0.39 is 98.6 Å². The molecule has 0 bridgehead atoms. The van der Waals surface area contributed by atoms with Crippen LogP contribution in [0.15, 0.2) is 0 Å². The largest absolute Gasteiger partial charge is 0.395 e. The number of hydrogen-bond donors (Lipinski definition) is 12. The molecule has 15 N–H and O–H groups in total. The van der Waals surface area contributed by atoms with Crippen LogP contribution >= 0.6 is 0 Å². The maximum Gasteiger partial charge on any atom is 0.186 e. The molecular formula is C23H45FN6O10. The van der Waals surface area contributed by atoms with Gasteiger partial charge in [0.05, 0.1) is 37.4 Å².